The van der Waals surface area contributed by atoms with Crippen molar-refractivity contribution in [2.24, 2.45) is 7.05 Å². The zero-order chi connectivity index (χ0) is 15.4. The van der Waals surface area contributed by atoms with Crippen LogP contribution in [-0.2, 0) is 11.8 Å². The summed E-state index contributed by atoms with van der Waals surface area (Å²) >= 11 is 0. The van der Waals surface area contributed by atoms with Crippen molar-refractivity contribution < 1.29 is 4.79 Å². The first kappa shape index (κ1) is 15.1. The van der Waals surface area contributed by atoms with Gasteiger partial charge in [0.2, 0.25) is 5.91 Å². The molecule has 5 nitrogen and oxygen atoms in total. The molecule has 5 heteroatoms. The van der Waals surface area contributed by atoms with E-state index in [1.54, 1.807) is 6.20 Å². The Morgan fingerprint density at radius 1 is 1.38 bits per heavy atom. The van der Waals surface area contributed by atoms with Crippen molar-refractivity contribution in [3.05, 3.63) is 41.7 Å². The highest BCUT2D eigenvalue weighted by Crippen LogP contribution is 2.25. The maximum absolute atomic E-state index is 11.5. The molecule has 0 spiro atoms. The molecule has 0 aliphatic heterocycles. The van der Waals surface area contributed by atoms with Gasteiger partial charge in [0.05, 0.1) is 11.7 Å². The molecule has 0 fully saturated rings. The number of nitrogens with one attached hydrogen (secondary N) is 2. The van der Waals surface area contributed by atoms with Crippen LogP contribution in [0.15, 0.2) is 30.5 Å². The summed E-state index contributed by atoms with van der Waals surface area (Å²) in [6.45, 7) is 5.98. The smallest absolute Gasteiger partial charge is 0.224 e. The number of carbonyl (C=O) groups is 1. The number of amides is 1. The first-order valence-electron chi connectivity index (χ1n) is 7.16. The van der Waals surface area contributed by atoms with E-state index in [9.17, 15) is 4.79 Å². The van der Waals surface area contributed by atoms with Gasteiger partial charge in [-0.05, 0) is 37.6 Å². The van der Waals surface area contributed by atoms with Gasteiger partial charge in [-0.3, -0.25) is 9.48 Å². The fraction of sp³-hybridized carbons (Fsp3) is 0.375. The van der Waals surface area contributed by atoms with Crippen LogP contribution in [-0.4, -0.2) is 15.7 Å². The monoisotopic (exact) mass is 286 g/mol. The van der Waals surface area contributed by atoms with Crippen LogP contribution in [0.1, 0.15) is 37.6 Å². The van der Waals surface area contributed by atoms with E-state index in [0.717, 1.165) is 22.6 Å². The molecule has 2 rings (SSSR count). The molecule has 1 amide bonds. The molecule has 1 heterocycles. The maximum atomic E-state index is 11.5. The Kier molecular flexibility index (Phi) is 4.62. The van der Waals surface area contributed by atoms with Gasteiger partial charge in [0.1, 0.15) is 0 Å². The first-order chi connectivity index (χ1) is 10.0. The van der Waals surface area contributed by atoms with Crippen LogP contribution in [0.3, 0.4) is 0 Å². The predicted molar refractivity (Wildman–Crippen MR) is 85.3 cm³/mol. The summed E-state index contributed by atoms with van der Waals surface area (Å²) in [5.74, 6) is 0.0180. The summed E-state index contributed by atoms with van der Waals surface area (Å²) in [6.07, 6.45) is 2.26. The molecule has 0 radical (unpaired) electrons. The van der Waals surface area contributed by atoms with E-state index in [2.05, 4.69) is 22.7 Å². The van der Waals surface area contributed by atoms with Crippen LogP contribution in [0.25, 0.3) is 0 Å². The maximum Gasteiger partial charge on any atom is 0.224 e. The molecule has 0 bridgehead atoms. The fourth-order valence-electron chi connectivity index (χ4n) is 2.22. The van der Waals surface area contributed by atoms with Crippen molar-refractivity contribution in [3.8, 4) is 0 Å². The minimum absolute atomic E-state index is 0.0180. The lowest BCUT2D eigenvalue weighted by Crippen LogP contribution is -2.13. The lowest BCUT2D eigenvalue weighted by Gasteiger charge is -2.18. The Labute approximate surface area is 125 Å². The Morgan fingerprint density at radius 3 is 2.76 bits per heavy atom. The van der Waals surface area contributed by atoms with Gasteiger partial charge in [-0.25, -0.2) is 0 Å². The number of carbonyl (C=O) groups excluding carboxylic acids is 1. The van der Waals surface area contributed by atoms with Crippen LogP contribution < -0.4 is 10.6 Å². The van der Waals surface area contributed by atoms with Crippen LogP contribution >= 0.6 is 0 Å². The molecular formula is C16H22N4O. The predicted octanol–water partition coefficient (Wildman–Crippen LogP) is 3.25. The van der Waals surface area contributed by atoms with E-state index in [0.29, 0.717) is 6.42 Å². The Bertz CT molecular complexity index is 633. The fourth-order valence-corrected chi connectivity index (χ4v) is 2.22. The van der Waals surface area contributed by atoms with Crippen molar-refractivity contribution >= 4 is 17.3 Å². The van der Waals surface area contributed by atoms with E-state index in [-0.39, 0.29) is 11.9 Å². The van der Waals surface area contributed by atoms with Crippen molar-refractivity contribution in [3.63, 3.8) is 0 Å². The Hall–Kier alpha value is -2.30. The second-order valence-electron chi connectivity index (χ2n) is 5.18. The van der Waals surface area contributed by atoms with Gasteiger partial charge in [-0.1, -0.05) is 13.0 Å². The highest BCUT2D eigenvalue weighted by Gasteiger charge is 2.11. The number of aryl methyl sites for hydroxylation is 2. The quantitative estimate of drug-likeness (QED) is 0.887. The Balaban J connectivity index is 2.17. The number of anilines is 2. The molecule has 112 valence electrons. The molecule has 1 atom stereocenters. The second kappa shape index (κ2) is 6.43. The third-order valence-electron chi connectivity index (χ3n) is 3.52. The highest BCUT2D eigenvalue weighted by molar-refractivity contribution is 5.91. The molecule has 2 aromatic rings. The summed E-state index contributed by atoms with van der Waals surface area (Å²) in [6, 6.07) is 8.02. The van der Waals surface area contributed by atoms with E-state index in [1.807, 2.05) is 49.8 Å². The number of aromatic nitrogens is 2. The second-order valence-corrected chi connectivity index (χ2v) is 5.18. The molecule has 1 aromatic carbocycles. The van der Waals surface area contributed by atoms with E-state index >= 15 is 0 Å². The zero-order valence-corrected chi connectivity index (χ0v) is 13.0. The summed E-state index contributed by atoms with van der Waals surface area (Å²) in [7, 11) is 1.93. The van der Waals surface area contributed by atoms with Crippen LogP contribution in [0, 0.1) is 6.92 Å². The molecule has 0 aliphatic carbocycles. The third-order valence-corrected chi connectivity index (χ3v) is 3.52. The Morgan fingerprint density at radius 2 is 2.14 bits per heavy atom. The lowest BCUT2D eigenvalue weighted by atomic mass is 10.1. The molecule has 2 N–H and O–H groups in total. The van der Waals surface area contributed by atoms with Gasteiger partial charge < -0.3 is 10.6 Å². The standard InChI is InChI=1S/C16H22N4O/c1-5-16(21)19-13-7-6-11(2)14(10-13)18-12(3)15-8-9-17-20(15)4/h6-10,12,18H,5H2,1-4H3,(H,19,21). The average molecular weight is 286 g/mol. The van der Waals surface area contributed by atoms with Crippen molar-refractivity contribution in [2.45, 2.75) is 33.2 Å². The largest absolute Gasteiger partial charge is 0.377 e. The number of hydrogen-bond acceptors (Lipinski definition) is 3. The molecule has 0 saturated heterocycles. The number of rotatable bonds is 5. The molecule has 21 heavy (non-hydrogen) atoms. The van der Waals surface area contributed by atoms with Gasteiger partial charge in [0.15, 0.2) is 0 Å². The number of benzene rings is 1. The number of hydrogen-bond donors (Lipinski definition) is 2. The summed E-state index contributed by atoms with van der Waals surface area (Å²) in [4.78, 5) is 11.5. The topological polar surface area (TPSA) is 59.0 Å². The summed E-state index contributed by atoms with van der Waals surface area (Å²) < 4.78 is 1.86. The van der Waals surface area contributed by atoms with Crippen molar-refractivity contribution in [1.82, 2.24) is 9.78 Å². The van der Waals surface area contributed by atoms with Gasteiger partial charge >= 0.3 is 0 Å². The van der Waals surface area contributed by atoms with E-state index in [4.69, 9.17) is 0 Å². The lowest BCUT2D eigenvalue weighted by molar-refractivity contribution is -0.115. The van der Waals surface area contributed by atoms with Crippen LogP contribution in [0.2, 0.25) is 0 Å². The average Bonchev–Trinajstić information content (AvgIpc) is 2.88. The summed E-state index contributed by atoms with van der Waals surface area (Å²) in [5, 5.41) is 10.5. The summed E-state index contributed by atoms with van der Waals surface area (Å²) in [5.41, 5.74) is 4.07. The normalized spacial score (nSPS) is 12.0. The van der Waals surface area contributed by atoms with Gasteiger partial charge in [-0.2, -0.15) is 5.10 Å². The zero-order valence-electron chi connectivity index (χ0n) is 13.0. The SMILES string of the molecule is CCC(=O)Nc1ccc(C)c(NC(C)c2ccnn2C)c1. The number of nitrogens with zero attached hydrogens (tertiary/aromatic N) is 2. The van der Waals surface area contributed by atoms with Gasteiger partial charge in [0, 0.05) is 31.0 Å². The minimum atomic E-state index is 0.0180. The van der Waals surface area contributed by atoms with E-state index < -0.39 is 0 Å². The third kappa shape index (κ3) is 3.62. The van der Waals surface area contributed by atoms with Gasteiger partial charge in [-0.15, -0.1) is 0 Å². The van der Waals surface area contributed by atoms with E-state index in [1.165, 1.54) is 0 Å². The van der Waals surface area contributed by atoms with Crippen LogP contribution in [0.4, 0.5) is 11.4 Å². The van der Waals surface area contributed by atoms with Gasteiger partial charge in [0.25, 0.3) is 0 Å². The molecule has 1 unspecified atom stereocenters. The molecule has 1 aromatic heterocycles. The van der Waals surface area contributed by atoms with Crippen LogP contribution in [0.5, 0.6) is 0 Å². The molecule has 0 saturated carbocycles. The first-order valence-corrected chi connectivity index (χ1v) is 7.16. The minimum Gasteiger partial charge on any atom is -0.377 e. The molecule has 0 aliphatic rings. The highest BCUT2D eigenvalue weighted by atomic mass is 16.1. The molecular weight excluding hydrogens is 264 g/mol. The van der Waals surface area contributed by atoms with Crippen molar-refractivity contribution in [1.29, 1.82) is 0 Å². The van der Waals surface area contributed by atoms with Crippen molar-refractivity contribution in [2.75, 3.05) is 10.6 Å².